The van der Waals surface area contributed by atoms with E-state index in [1.54, 1.807) is 0 Å². The number of hydrogen-bond acceptors (Lipinski definition) is 6. The highest BCUT2D eigenvalue weighted by Crippen LogP contribution is 2.34. The van der Waals surface area contributed by atoms with Gasteiger partial charge in [0.2, 0.25) is 12.7 Å². The van der Waals surface area contributed by atoms with E-state index in [4.69, 9.17) is 14.0 Å². The first-order chi connectivity index (χ1) is 17.8. The van der Waals surface area contributed by atoms with Crippen LogP contribution in [0.1, 0.15) is 37.7 Å². The maximum Gasteiger partial charge on any atom is 0.231 e. The van der Waals surface area contributed by atoms with Gasteiger partial charge in [-0.3, -0.25) is 0 Å². The summed E-state index contributed by atoms with van der Waals surface area (Å²) in [5.74, 6) is 2.42. The number of hydrogen-bond donors (Lipinski definition) is 0. The van der Waals surface area contributed by atoms with Crippen LogP contribution in [0.15, 0.2) is 71.3 Å². The van der Waals surface area contributed by atoms with Crippen LogP contribution in [-0.2, 0) is 6.54 Å². The lowest BCUT2D eigenvalue weighted by Crippen LogP contribution is -2.30. The second-order valence-electron chi connectivity index (χ2n) is 9.83. The Hall–Kier alpha value is -3.51. The topological polar surface area (TPSA) is 51.0 Å². The zero-order chi connectivity index (χ0) is 24.2. The molecule has 0 aliphatic carbocycles. The van der Waals surface area contributed by atoms with E-state index in [1.165, 1.54) is 49.5 Å². The van der Waals surface area contributed by atoms with Crippen molar-refractivity contribution in [2.75, 3.05) is 37.9 Å². The molecule has 1 fully saturated rings. The standard InChI is InChI=1S/C30H33N3O3/c1-2-6-15-32(14-5-1)16-7-17-33(21-23-10-13-28-29(18-23)35-22-34-28)30-20-27(31-36-30)26-12-11-24-8-3-4-9-25(24)19-26/h3-4,8-13,18-20H,1-2,5-7,14-17,21-22H2. The van der Waals surface area contributed by atoms with Gasteiger partial charge in [0.15, 0.2) is 11.5 Å². The van der Waals surface area contributed by atoms with Crippen molar-refractivity contribution in [1.29, 1.82) is 0 Å². The number of likely N-dealkylation sites (tertiary alicyclic amines) is 1. The van der Waals surface area contributed by atoms with Gasteiger partial charge in [0, 0.05) is 24.7 Å². The van der Waals surface area contributed by atoms with Gasteiger partial charge < -0.3 is 23.8 Å². The van der Waals surface area contributed by atoms with E-state index in [0.717, 1.165) is 60.3 Å². The molecule has 3 aromatic carbocycles. The van der Waals surface area contributed by atoms with Gasteiger partial charge in [-0.1, -0.05) is 60.5 Å². The largest absolute Gasteiger partial charge is 0.454 e. The van der Waals surface area contributed by atoms with E-state index >= 15 is 0 Å². The molecule has 6 heteroatoms. The van der Waals surface area contributed by atoms with Crippen molar-refractivity contribution >= 4 is 16.7 Å². The third-order valence-corrected chi connectivity index (χ3v) is 7.27. The first-order valence-electron chi connectivity index (χ1n) is 13.1. The quantitative estimate of drug-likeness (QED) is 0.285. The van der Waals surface area contributed by atoms with Crippen LogP contribution in [0.2, 0.25) is 0 Å². The zero-order valence-corrected chi connectivity index (χ0v) is 20.7. The average Bonchev–Trinajstić information content (AvgIpc) is 3.52. The molecule has 0 radical (unpaired) electrons. The highest BCUT2D eigenvalue weighted by Gasteiger charge is 2.19. The Labute approximate surface area is 212 Å². The van der Waals surface area contributed by atoms with Gasteiger partial charge in [-0.2, -0.15) is 0 Å². The number of aromatic nitrogens is 1. The van der Waals surface area contributed by atoms with E-state index in [2.05, 4.69) is 75.6 Å². The SMILES string of the molecule is c1ccc2cc(-c3cc(N(CCCN4CCCCCC4)Cc4ccc5c(c4)OCO5)on3)ccc2c1. The second-order valence-corrected chi connectivity index (χ2v) is 9.83. The van der Waals surface area contributed by atoms with Crippen molar-refractivity contribution in [2.24, 2.45) is 0 Å². The number of rotatable bonds is 8. The molecule has 0 saturated carbocycles. The lowest BCUT2D eigenvalue weighted by molar-refractivity contribution is 0.174. The molecule has 1 aromatic heterocycles. The van der Waals surface area contributed by atoms with Crippen LogP contribution < -0.4 is 14.4 Å². The van der Waals surface area contributed by atoms with Crippen LogP contribution in [0, 0.1) is 0 Å². The molecule has 0 N–H and O–H groups in total. The molecule has 0 atom stereocenters. The van der Waals surface area contributed by atoms with Gasteiger partial charge in [0.1, 0.15) is 5.69 Å². The fourth-order valence-electron chi connectivity index (χ4n) is 5.27. The van der Waals surface area contributed by atoms with Crippen molar-refractivity contribution in [1.82, 2.24) is 10.1 Å². The summed E-state index contributed by atoms with van der Waals surface area (Å²) in [5, 5.41) is 6.88. The molecule has 0 amide bonds. The summed E-state index contributed by atoms with van der Waals surface area (Å²) >= 11 is 0. The number of anilines is 1. The van der Waals surface area contributed by atoms with Crippen molar-refractivity contribution in [2.45, 2.75) is 38.6 Å². The minimum absolute atomic E-state index is 0.287. The summed E-state index contributed by atoms with van der Waals surface area (Å²) in [4.78, 5) is 4.92. The van der Waals surface area contributed by atoms with E-state index in [1.807, 2.05) is 6.07 Å². The van der Waals surface area contributed by atoms with Gasteiger partial charge in [-0.05, 0) is 73.4 Å². The first-order valence-corrected chi connectivity index (χ1v) is 13.1. The van der Waals surface area contributed by atoms with Gasteiger partial charge in [-0.25, -0.2) is 0 Å². The number of ether oxygens (including phenoxy) is 2. The summed E-state index contributed by atoms with van der Waals surface area (Å²) in [6.45, 7) is 5.46. The van der Waals surface area contributed by atoms with Crippen molar-refractivity contribution in [3.63, 3.8) is 0 Å². The minimum atomic E-state index is 0.287. The van der Waals surface area contributed by atoms with Crippen LogP contribution >= 0.6 is 0 Å². The Morgan fingerprint density at radius 3 is 2.53 bits per heavy atom. The number of nitrogens with zero attached hydrogens (tertiary/aromatic N) is 3. The molecule has 186 valence electrons. The molecule has 1 saturated heterocycles. The molecule has 4 aromatic rings. The van der Waals surface area contributed by atoms with Gasteiger partial charge >= 0.3 is 0 Å². The summed E-state index contributed by atoms with van der Waals surface area (Å²) in [6.07, 6.45) is 6.44. The highest BCUT2D eigenvalue weighted by molar-refractivity contribution is 5.86. The van der Waals surface area contributed by atoms with Gasteiger partial charge in [0.05, 0.1) is 0 Å². The number of benzene rings is 3. The monoisotopic (exact) mass is 483 g/mol. The molecule has 2 aliphatic heterocycles. The maximum absolute atomic E-state index is 5.93. The third kappa shape index (κ3) is 5.19. The van der Waals surface area contributed by atoms with E-state index in [-0.39, 0.29) is 6.79 Å². The predicted molar refractivity (Wildman–Crippen MR) is 143 cm³/mol. The van der Waals surface area contributed by atoms with Gasteiger partial charge in [-0.15, -0.1) is 0 Å². The van der Waals surface area contributed by atoms with Crippen LogP contribution in [0.5, 0.6) is 11.5 Å². The van der Waals surface area contributed by atoms with Crippen LogP contribution in [0.4, 0.5) is 5.88 Å². The first kappa shape index (κ1) is 22.9. The molecular weight excluding hydrogens is 450 g/mol. The van der Waals surface area contributed by atoms with E-state index in [0.29, 0.717) is 0 Å². The molecule has 0 bridgehead atoms. The Bertz CT molecular complexity index is 1310. The van der Waals surface area contributed by atoms with Crippen molar-refractivity contribution in [3.05, 3.63) is 72.3 Å². The molecule has 2 aliphatic rings. The maximum atomic E-state index is 5.93. The second kappa shape index (κ2) is 10.6. The summed E-state index contributed by atoms with van der Waals surface area (Å²) < 4.78 is 17.0. The molecular formula is C30H33N3O3. The smallest absolute Gasteiger partial charge is 0.231 e. The van der Waals surface area contributed by atoms with Crippen molar-refractivity contribution in [3.8, 4) is 22.8 Å². The van der Waals surface area contributed by atoms with Crippen LogP contribution in [0.3, 0.4) is 0 Å². The fraction of sp³-hybridized carbons (Fsp3) is 0.367. The van der Waals surface area contributed by atoms with E-state index < -0.39 is 0 Å². The fourth-order valence-corrected chi connectivity index (χ4v) is 5.27. The zero-order valence-electron chi connectivity index (χ0n) is 20.7. The van der Waals surface area contributed by atoms with Crippen LogP contribution in [0.25, 0.3) is 22.0 Å². The highest BCUT2D eigenvalue weighted by atomic mass is 16.7. The molecule has 0 spiro atoms. The predicted octanol–water partition coefficient (Wildman–Crippen LogP) is 6.50. The Morgan fingerprint density at radius 2 is 1.64 bits per heavy atom. The average molecular weight is 484 g/mol. The Balaban J connectivity index is 1.21. The summed E-state index contributed by atoms with van der Waals surface area (Å²) in [5.41, 5.74) is 3.09. The molecule has 6 rings (SSSR count). The summed E-state index contributed by atoms with van der Waals surface area (Å²) in [6, 6.07) is 23.1. The number of fused-ring (bicyclic) bond motifs is 2. The van der Waals surface area contributed by atoms with Crippen molar-refractivity contribution < 1.29 is 14.0 Å². The Kier molecular flexibility index (Phi) is 6.77. The lowest BCUT2D eigenvalue weighted by atomic mass is 10.1. The lowest BCUT2D eigenvalue weighted by Gasteiger charge is -2.24. The normalized spacial score (nSPS) is 15.8. The molecule has 36 heavy (non-hydrogen) atoms. The van der Waals surface area contributed by atoms with Gasteiger partial charge in [0.25, 0.3) is 0 Å². The molecule has 6 nitrogen and oxygen atoms in total. The third-order valence-electron chi connectivity index (χ3n) is 7.27. The van der Waals surface area contributed by atoms with E-state index in [9.17, 15) is 0 Å². The van der Waals surface area contributed by atoms with Crippen LogP contribution in [-0.4, -0.2) is 43.0 Å². The Morgan fingerprint density at radius 1 is 0.806 bits per heavy atom. The molecule has 3 heterocycles. The summed E-state index contributed by atoms with van der Waals surface area (Å²) in [7, 11) is 0. The minimum Gasteiger partial charge on any atom is -0.454 e. The molecule has 0 unspecified atom stereocenters.